The molecule has 1 fully saturated rings. The van der Waals surface area contributed by atoms with Crippen LogP contribution in [0, 0.1) is 0 Å². The number of aliphatic hydroxyl groups is 5. The maximum atomic E-state index is 12.9. The predicted molar refractivity (Wildman–Crippen MR) is 286 cm³/mol. The highest BCUT2D eigenvalue weighted by molar-refractivity contribution is 7.47. The van der Waals surface area contributed by atoms with E-state index in [2.05, 4.69) is 38.2 Å². The van der Waals surface area contributed by atoms with E-state index < -0.39 is 63.1 Å². The SMILES string of the molecule is CCCCC/C=C\C/C=C\CCCCCCCCCCCCOCC(COP(=O)(O)OC1C(O)C(O)C(O)C(O)C1O)OC(=O)CCCCCCCCCCCCCCCCCCCCCCCCC. The van der Waals surface area contributed by atoms with Crippen molar-refractivity contribution in [3.05, 3.63) is 24.3 Å². The summed E-state index contributed by atoms with van der Waals surface area (Å²) in [6, 6.07) is 0. The van der Waals surface area contributed by atoms with Crippen molar-refractivity contribution in [1.29, 1.82) is 0 Å². The van der Waals surface area contributed by atoms with E-state index in [9.17, 15) is 39.8 Å². The summed E-state index contributed by atoms with van der Waals surface area (Å²) in [4.78, 5) is 23.3. The van der Waals surface area contributed by atoms with Gasteiger partial charge >= 0.3 is 13.8 Å². The van der Waals surface area contributed by atoms with Crippen LogP contribution in [0.2, 0.25) is 0 Å². The van der Waals surface area contributed by atoms with Gasteiger partial charge in [0.1, 0.15) is 42.7 Å². The summed E-state index contributed by atoms with van der Waals surface area (Å²) >= 11 is 0. The molecule has 6 unspecified atom stereocenters. The lowest BCUT2D eigenvalue weighted by molar-refractivity contribution is -0.220. The zero-order valence-electron chi connectivity index (χ0n) is 44.8. The smallest absolute Gasteiger partial charge is 0.457 e. The van der Waals surface area contributed by atoms with Crippen LogP contribution in [-0.4, -0.2) is 98.9 Å². The third-order valence-electron chi connectivity index (χ3n) is 13.8. The fourth-order valence-corrected chi connectivity index (χ4v) is 10.2. The molecular formula is C57H109O12P. The first-order chi connectivity index (χ1) is 34.0. The number of hydrogen-bond donors (Lipinski definition) is 6. The van der Waals surface area contributed by atoms with Gasteiger partial charge in [-0.15, -0.1) is 0 Å². The predicted octanol–water partition coefficient (Wildman–Crippen LogP) is 14.0. The quantitative estimate of drug-likeness (QED) is 0.0146. The minimum Gasteiger partial charge on any atom is -0.457 e. The number of hydrogen-bond acceptors (Lipinski definition) is 11. The van der Waals surface area contributed by atoms with E-state index in [-0.39, 0.29) is 13.0 Å². The number of allylic oxidation sites excluding steroid dienone is 4. The lowest BCUT2D eigenvalue weighted by Crippen LogP contribution is -2.64. The molecule has 1 saturated carbocycles. The lowest BCUT2D eigenvalue weighted by Gasteiger charge is -2.41. The number of phosphoric ester groups is 1. The molecule has 12 nitrogen and oxygen atoms in total. The van der Waals surface area contributed by atoms with E-state index in [1.54, 1.807) is 0 Å². The Kier molecular flexibility index (Phi) is 45.4. The second-order valence-corrected chi connectivity index (χ2v) is 21.9. The average molecular weight is 1020 g/mol. The molecule has 0 aliphatic heterocycles. The summed E-state index contributed by atoms with van der Waals surface area (Å²) in [6.07, 6.45) is 45.3. The van der Waals surface area contributed by atoms with Gasteiger partial charge in [-0.3, -0.25) is 13.8 Å². The topological polar surface area (TPSA) is 192 Å². The van der Waals surface area contributed by atoms with E-state index >= 15 is 0 Å². The average Bonchev–Trinajstić information content (AvgIpc) is 3.35. The number of ether oxygens (including phenoxy) is 2. The van der Waals surface area contributed by atoms with Crippen LogP contribution in [0.25, 0.3) is 0 Å². The Labute approximate surface area is 428 Å². The van der Waals surface area contributed by atoms with Crippen LogP contribution in [0.1, 0.15) is 271 Å². The monoisotopic (exact) mass is 1020 g/mol. The molecule has 0 aromatic carbocycles. The van der Waals surface area contributed by atoms with Crippen LogP contribution in [0.3, 0.4) is 0 Å². The number of esters is 1. The van der Waals surface area contributed by atoms with Crippen LogP contribution < -0.4 is 0 Å². The number of phosphoric acid groups is 1. The highest BCUT2D eigenvalue weighted by atomic mass is 31.2. The maximum Gasteiger partial charge on any atom is 0.472 e. The molecule has 0 amide bonds. The van der Waals surface area contributed by atoms with Crippen molar-refractivity contribution < 1.29 is 58.3 Å². The van der Waals surface area contributed by atoms with E-state index in [4.69, 9.17) is 18.5 Å². The van der Waals surface area contributed by atoms with Gasteiger partial charge in [-0.05, 0) is 44.9 Å². The molecular weight excluding hydrogens is 908 g/mol. The van der Waals surface area contributed by atoms with Gasteiger partial charge in [0, 0.05) is 13.0 Å². The summed E-state index contributed by atoms with van der Waals surface area (Å²) in [5.74, 6) is -0.471. The first-order valence-electron chi connectivity index (χ1n) is 29.2. The van der Waals surface area contributed by atoms with E-state index in [0.29, 0.717) is 13.0 Å². The molecule has 1 rings (SSSR count). The first-order valence-corrected chi connectivity index (χ1v) is 30.7. The number of unbranched alkanes of at least 4 members (excludes halogenated alkanes) is 35. The molecule has 1 aliphatic carbocycles. The zero-order chi connectivity index (χ0) is 51.2. The number of rotatable bonds is 51. The van der Waals surface area contributed by atoms with E-state index in [1.165, 1.54) is 199 Å². The summed E-state index contributed by atoms with van der Waals surface area (Å²) in [5, 5.41) is 50.4. The zero-order valence-corrected chi connectivity index (χ0v) is 45.7. The van der Waals surface area contributed by atoms with Crippen molar-refractivity contribution >= 4 is 13.8 Å². The lowest BCUT2D eigenvalue weighted by atomic mass is 9.85. The van der Waals surface area contributed by atoms with Crippen molar-refractivity contribution in [3.8, 4) is 0 Å². The van der Waals surface area contributed by atoms with Gasteiger partial charge < -0.3 is 39.9 Å². The van der Waals surface area contributed by atoms with Crippen LogP contribution in [-0.2, 0) is 27.9 Å². The summed E-state index contributed by atoms with van der Waals surface area (Å²) in [5.41, 5.74) is 0. The molecule has 0 saturated heterocycles. The molecule has 70 heavy (non-hydrogen) atoms. The Morgan fingerprint density at radius 1 is 0.457 bits per heavy atom. The van der Waals surface area contributed by atoms with Crippen molar-refractivity contribution in [3.63, 3.8) is 0 Å². The summed E-state index contributed by atoms with van der Waals surface area (Å²) in [6.45, 7) is 4.29. The third kappa shape index (κ3) is 38.4. The molecule has 0 heterocycles. The van der Waals surface area contributed by atoms with Crippen LogP contribution in [0.5, 0.6) is 0 Å². The first kappa shape index (κ1) is 66.8. The highest BCUT2D eigenvalue weighted by Crippen LogP contribution is 2.47. The van der Waals surface area contributed by atoms with E-state index in [1.807, 2.05) is 0 Å². The number of carbonyl (C=O) groups excluding carboxylic acids is 1. The molecule has 0 bridgehead atoms. The second-order valence-electron chi connectivity index (χ2n) is 20.5. The van der Waals surface area contributed by atoms with Gasteiger partial charge in [0.05, 0.1) is 13.2 Å². The Morgan fingerprint density at radius 3 is 1.23 bits per heavy atom. The molecule has 0 spiro atoms. The minimum atomic E-state index is -5.02. The molecule has 1 aliphatic rings. The molecule has 0 radical (unpaired) electrons. The van der Waals surface area contributed by atoms with Gasteiger partial charge in [-0.25, -0.2) is 4.57 Å². The van der Waals surface area contributed by atoms with Gasteiger partial charge in [0.2, 0.25) is 0 Å². The molecule has 0 aromatic rings. The second kappa shape index (κ2) is 47.5. The van der Waals surface area contributed by atoms with E-state index in [0.717, 1.165) is 44.9 Å². The van der Waals surface area contributed by atoms with Crippen molar-refractivity contribution in [1.82, 2.24) is 0 Å². The molecule has 414 valence electrons. The minimum absolute atomic E-state index is 0.0740. The van der Waals surface area contributed by atoms with Gasteiger partial charge in [0.25, 0.3) is 0 Å². The standard InChI is InChI=1S/C57H109O12P/c1-3-5-7-9-11-13-15-17-19-21-23-25-26-27-28-30-32-34-36-38-40-42-44-46-51(58)68-50(49-67-70(64,65)69-57-55(62)53(60)52(59)54(61)56(57)63)48-66-47-45-43-41-39-37-35-33-31-29-24-22-20-18-16-14-12-10-8-6-4-2/h12,14,18,20,50,52-57,59-63H,3-11,13,15-17,19,21-49H2,1-2H3,(H,64,65)/b14-12-,20-18-. The van der Waals surface area contributed by atoms with Crippen LogP contribution >= 0.6 is 7.82 Å². The summed E-state index contributed by atoms with van der Waals surface area (Å²) < 4.78 is 34.4. The van der Waals surface area contributed by atoms with Crippen LogP contribution in [0.15, 0.2) is 24.3 Å². The van der Waals surface area contributed by atoms with Crippen molar-refractivity contribution in [2.75, 3.05) is 19.8 Å². The number of aliphatic hydroxyl groups excluding tert-OH is 5. The molecule has 6 N–H and O–H groups in total. The molecule has 6 atom stereocenters. The largest absolute Gasteiger partial charge is 0.472 e. The normalized spacial score (nSPS) is 21.0. The van der Waals surface area contributed by atoms with Gasteiger partial charge in [0.15, 0.2) is 0 Å². The Balaban J connectivity index is 2.26. The molecule has 13 heteroatoms. The fourth-order valence-electron chi connectivity index (χ4n) is 9.21. The highest BCUT2D eigenvalue weighted by Gasteiger charge is 2.51. The number of carbonyl (C=O) groups is 1. The third-order valence-corrected chi connectivity index (χ3v) is 14.8. The summed E-state index contributed by atoms with van der Waals surface area (Å²) in [7, 11) is -5.02. The van der Waals surface area contributed by atoms with Crippen LogP contribution in [0.4, 0.5) is 0 Å². The molecule has 0 aromatic heterocycles. The maximum absolute atomic E-state index is 12.9. The Bertz CT molecular complexity index is 1250. The fraction of sp³-hybridized carbons (Fsp3) is 0.912. The van der Waals surface area contributed by atoms with Crippen molar-refractivity contribution in [2.45, 2.75) is 313 Å². The van der Waals surface area contributed by atoms with Crippen molar-refractivity contribution in [2.24, 2.45) is 0 Å². The van der Waals surface area contributed by atoms with Gasteiger partial charge in [-0.1, -0.05) is 244 Å². The van der Waals surface area contributed by atoms with Gasteiger partial charge in [-0.2, -0.15) is 0 Å². The Morgan fingerprint density at radius 2 is 0.800 bits per heavy atom. The Hall–Kier alpha value is -1.18.